The molecule has 0 fully saturated rings. The molecule has 0 radical (unpaired) electrons. The minimum Gasteiger partial charge on any atom is -0.496 e. The number of fused-ring (bicyclic) bond motifs is 1. The Morgan fingerprint density at radius 1 is 1.25 bits per heavy atom. The molecule has 0 spiro atoms. The van der Waals surface area contributed by atoms with Crippen LogP contribution in [0.2, 0.25) is 0 Å². The number of halogens is 1. The third-order valence-electron chi connectivity index (χ3n) is 5.13. The summed E-state index contributed by atoms with van der Waals surface area (Å²) in [4.78, 5) is 20.0. The molecule has 0 saturated heterocycles. The molecule has 0 bridgehead atoms. The minimum absolute atomic E-state index is 0.114. The van der Waals surface area contributed by atoms with Gasteiger partial charge in [0.25, 0.3) is 0 Å². The fourth-order valence-electron chi connectivity index (χ4n) is 3.68. The predicted octanol–water partition coefficient (Wildman–Crippen LogP) is 4.43. The number of aryl methyl sites for hydroxylation is 1. The average Bonchev–Trinajstić information content (AvgIpc) is 3.36. The molecule has 3 aromatic heterocycles. The van der Waals surface area contributed by atoms with E-state index in [1.165, 1.54) is 19.5 Å². The van der Waals surface area contributed by atoms with E-state index in [0.29, 0.717) is 41.4 Å². The number of thiophene rings is 1. The highest BCUT2D eigenvalue weighted by molar-refractivity contribution is 7.12. The van der Waals surface area contributed by atoms with Gasteiger partial charge in [0.15, 0.2) is 10.6 Å². The Morgan fingerprint density at radius 2 is 2.06 bits per heavy atom. The monoisotopic (exact) mass is 456 g/mol. The lowest BCUT2D eigenvalue weighted by atomic mass is 10.2. The first-order chi connectivity index (χ1) is 15.4. The predicted molar refractivity (Wildman–Crippen MR) is 121 cm³/mol. The summed E-state index contributed by atoms with van der Waals surface area (Å²) in [6.07, 6.45) is 1.40. The van der Waals surface area contributed by atoms with Gasteiger partial charge in [0.05, 0.1) is 31.0 Å². The molecule has 0 saturated carbocycles. The van der Waals surface area contributed by atoms with Crippen LogP contribution in [0, 0.1) is 12.7 Å². The van der Waals surface area contributed by atoms with Gasteiger partial charge in [-0.25, -0.2) is 19.2 Å². The zero-order valence-corrected chi connectivity index (χ0v) is 18.5. The molecule has 166 valence electrons. The molecule has 8 nitrogen and oxygen atoms in total. The van der Waals surface area contributed by atoms with Crippen molar-refractivity contribution in [2.45, 2.75) is 13.5 Å². The first-order valence-corrected chi connectivity index (χ1v) is 10.6. The van der Waals surface area contributed by atoms with Crippen molar-refractivity contribution >= 4 is 34.0 Å². The van der Waals surface area contributed by atoms with Gasteiger partial charge < -0.3 is 24.5 Å². The largest absolute Gasteiger partial charge is 0.496 e. The molecule has 2 N–H and O–H groups in total. The normalized spacial score (nSPS) is 11.0. The van der Waals surface area contributed by atoms with Crippen LogP contribution in [-0.4, -0.2) is 46.4 Å². The van der Waals surface area contributed by atoms with Gasteiger partial charge in [0, 0.05) is 35.6 Å². The lowest BCUT2D eigenvalue weighted by molar-refractivity contribution is 0.0699. The SMILES string of the molecule is COc1c(-c2cc(NCCn3c(C)cc4c(OC)ccc(F)c43)ncn2)csc1C(=O)O. The number of benzene rings is 1. The lowest BCUT2D eigenvalue weighted by Crippen LogP contribution is -2.13. The van der Waals surface area contributed by atoms with Crippen LogP contribution in [-0.2, 0) is 6.54 Å². The van der Waals surface area contributed by atoms with Gasteiger partial charge in [0.2, 0.25) is 0 Å². The van der Waals surface area contributed by atoms with Crippen molar-refractivity contribution in [1.29, 1.82) is 0 Å². The fraction of sp³-hybridized carbons (Fsp3) is 0.227. The number of rotatable bonds is 8. The van der Waals surface area contributed by atoms with Crippen molar-refractivity contribution in [1.82, 2.24) is 14.5 Å². The molecule has 1 aromatic carbocycles. The number of hydrogen-bond donors (Lipinski definition) is 2. The van der Waals surface area contributed by atoms with Crippen LogP contribution < -0.4 is 14.8 Å². The number of carboxylic acids is 1. The molecular weight excluding hydrogens is 435 g/mol. The zero-order chi connectivity index (χ0) is 22.8. The van der Waals surface area contributed by atoms with Crippen LogP contribution >= 0.6 is 11.3 Å². The number of nitrogens with zero attached hydrogens (tertiary/aromatic N) is 3. The van der Waals surface area contributed by atoms with Gasteiger partial charge in [-0.3, -0.25) is 0 Å². The lowest BCUT2D eigenvalue weighted by Gasteiger charge is -2.12. The molecule has 0 aliphatic heterocycles. The highest BCUT2D eigenvalue weighted by Gasteiger charge is 2.20. The molecular formula is C22H21FN4O4S. The first-order valence-electron chi connectivity index (χ1n) is 9.72. The van der Waals surface area contributed by atoms with Crippen molar-refractivity contribution in [2.24, 2.45) is 0 Å². The van der Waals surface area contributed by atoms with Crippen molar-refractivity contribution in [3.63, 3.8) is 0 Å². The van der Waals surface area contributed by atoms with E-state index >= 15 is 0 Å². The number of ether oxygens (including phenoxy) is 2. The number of aromatic nitrogens is 3. The van der Waals surface area contributed by atoms with Gasteiger partial charge in [-0.05, 0) is 25.1 Å². The summed E-state index contributed by atoms with van der Waals surface area (Å²) in [6, 6.07) is 6.65. The van der Waals surface area contributed by atoms with Crippen LogP contribution in [0.15, 0.2) is 36.0 Å². The van der Waals surface area contributed by atoms with Gasteiger partial charge >= 0.3 is 5.97 Å². The Bertz CT molecular complexity index is 1300. The number of methoxy groups -OCH3 is 2. The molecule has 3 heterocycles. The molecule has 0 aliphatic rings. The number of carboxylic acid groups (broad SMARTS) is 1. The van der Waals surface area contributed by atoms with E-state index in [1.54, 1.807) is 24.6 Å². The number of carbonyl (C=O) groups is 1. The van der Waals surface area contributed by atoms with Crippen molar-refractivity contribution in [3.05, 3.63) is 52.4 Å². The Kier molecular flexibility index (Phi) is 5.95. The van der Waals surface area contributed by atoms with E-state index in [9.17, 15) is 14.3 Å². The summed E-state index contributed by atoms with van der Waals surface area (Å²) in [6.45, 7) is 2.91. The summed E-state index contributed by atoms with van der Waals surface area (Å²) < 4.78 is 27.1. The Morgan fingerprint density at radius 3 is 2.78 bits per heavy atom. The number of nitrogens with one attached hydrogen (secondary N) is 1. The standard InChI is InChI=1S/C22H21FN4O4S/c1-12-8-13-17(30-2)5-4-15(23)19(13)27(12)7-6-24-18-9-16(25-11-26-18)14-10-32-21(22(28)29)20(14)31-3/h4-5,8-11H,6-7H2,1-3H3,(H,28,29)(H,24,25,26). The molecule has 10 heteroatoms. The second-order valence-corrected chi connectivity index (χ2v) is 7.86. The molecule has 4 rings (SSSR count). The Hall–Kier alpha value is -3.66. The van der Waals surface area contributed by atoms with Gasteiger partial charge in [-0.2, -0.15) is 0 Å². The highest BCUT2D eigenvalue weighted by atomic mass is 32.1. The van der Waals surface area contributed by atoms with Crippen LogP contribution in [0.25, 0.3) is 22.2 Å². The summed E-state index contributed by atoms with van der Waals surface area (Å²) in [5.41, 5.74) is 2.54. The average molecular weight is 456 g/mol. The van der Waals surface area contributed by atoms with Crippen LogP contribution in [0.3, 0.4) is 0 Å². The zero-order valence-electron chi connectivity index (χ0n) is 17.7. The van der Waals surface area contributed by atoms with Crippen molar-refractivity contribution < 1.29 is 23.8 Å². The van der Waals surface area contributed by atoms with E-state index in [4.69, 9.17) is 9.47 Å². The van der Waals surface area contributed by atoms with Gasteiger partial charge in [0.1, 0.15) is 23.7 Å². The summed E-state index contributed by atoms with van der Waals surface area (Å²) in [5.74, 6) is 0.0982. The molecule has 32 heavy (non-hydrogen) atoms. The third kappa shape index (κ3) is 3.84. The molecule has 0 atom stereocenters. The smallest absolute Gasteiger partial charge is 0.349 e. The van der Waals surface area contributed by atoms with Crippen LogP contribution in [0.5, 0.6) is 11.5 Å². The molecule has 0 aliphatic carbocycles. The van der Waals surface area contributed by atoms with E-state index < -0.39 is 5.97 Å². The van der Waals surface area contributed by atoms with Crippen molar-refractivity contribution in [3.8, 4) is 22.8 Å². The maximum absolute atomic E-state index is 14.5. The Balaban J connectivity index is 1.55. The van der Waals surface area contributed by atoms with E-state index in [2.05, 4.69) is 15.3 Å². The highest BCUT2D eigenvalue weighted by Crippen LogP contribution is 2.37. The minimum atomic E-state index is -1.05. The van der Waals surface area contributed by atoms with E-state index in [-0.39, 0.29) is 16.4 Å². The summed E-state index contributed by atoms with van der Waals surface area (Å²) in [5, 5.41) is 15.0. The van der Waals surface area contributed by atoms with E-state index in [0.717, 1.165) is 22.4 Å². The second kappa shape index (κ2) is 8.83. The molecule has 4 aromatic rings. The fourth-order valence-corrected chi connectivity index (χ4v) is 4.54. The van der Waals surface area contributed by atoms with Crippen molar-refractivity contribution in [2.75, 3.05) is 26.1 Å². The topological polar surface area (TPSA) is 98.5 Å². The van der Waals surface area contributed by atoms with Gasteiger partial charge in [-0.15, -0.1) is 11.3 Å². The van der Waals surface area contributed by atoms with Gasteiger partial charge in [-0.1, -0.05) is 0 Å². The van der Waals surface area contributed by atoms with Crippen LogP contribution in [0.4, 0.5) is 10.2 Å². The summed E-state index contributed by atoms with van der Waals surface area (Å²) in [7, 11) is 2.99. The number of anilines is 1. The van der Waals surface area contributed by atoms with E-state index in [1.807, 2.05) is 17.6 Å². The maximum Gasteiger partial charge on any atom is 0.349 e. The second-order valence-electron chi connectivity index (χ2n) is 6.98. The molecule has 0 amide bonds. The maximum atomic E-state index is 14.5. The number of hydrogen-bond acceptors (Lipinski definition) is 7. The quantitative estimate of drug-likeness (QED) is 0.405. The molecule has 0 unspecified atom stereocenters. The third-order valence-corrected chi connectivity index (χ3v) is 6.07. The number of aromatic carboxylic acids is 1. The Labute approximate surface area is 187 Å². The van der Waals surface area contributed by atoms with Crippen LogP contribution in [0.1, 0.15) is 15.4 Å². The first kappa shape index (κ1) is 21.6. The summed E-state index contributed by atoms with van der Waals surface area (Å²) >= 11 is 1.08.